The predicted molar refractivity (Wildman–Crippen MR) is 191 cm³/mol. The number of nitrogens with one attached hydrogen (secondary N) is 4. The van der Waals surface area contributed by atoms with Crippen LogP contribution in [0.1, 0.15) is 73.0 Å². The lowest BCUT2D eigenvalue weighted by molar-refractivity contribution is -0.124. The van der Waals surface area contributed by atoms with Crippen molar-refractivity contribution in [2.24, 2.45) is 0 Å². The van der Waals surface area contributed by atoms with E-state index in [-0.39, 0.29) is 54.2 Å². The second kappa shape index (κ2) is 17.6. The highest BCUT2D eigenvalue weighted by atomic mass is 16.5. The van der Waals surface area contributed by atoms with Gasteiger partial charge in [0.25, 0.3) is 5.91 Å². The van der Waals surface area contributed by atoms with Crippen LogP contribution < -0.4 is 21.3 Å². The maximum absolute atomic E-state index is 13.9. The summed E-state index contributed by atoms with van der Waals surface area (Å²) < 4.78 is 13.9. The molecule has 1 aromatic heterocycles. The summed E-state index contributed by atoms with van der Waals surface area (Å²) in [5, 5.41) is 16.3. The van der Waals surface area contributed by atoms with Gasteiger partial charge in [-0.05, 0) is 48.9 Å². The highest BCUT2D eigenvalue weighted by molar-refractivity contribution is 6.00. The van der Waals surface area contributed by atoms with Crippen LogP contribution in [0.15, 0.2) is 97.1 Å². The smallest absolute Gasteiger partial charge is 0.324 e. The topological polar surface area (TPSA) is 136 Å². The van der Waals surface area contributed by atoms with Gasteiger partial charge in [-0.25, -0.2) is 9.48 Å². The van der Waals surface area contributed by atoms with Crippen molar-refractivity contribution in [1.82, 2.24) is 20.4 Å². The van der Waals surface area contributed by atoms with Gasteiger partial charge in [0.2, 0.25) is 5.91 Å². The molecule has 3 aromatic carbocycles. The zero-order chi connectivity index (χ0) is 34.5. The largest absolute Gasteiger partial charge is 0.371 e. The SMILES string of the molecule is O=C(Cn1nc(NC(=O)Nc2ccccc2)cc1C(=O)N[C@H]1CCCC[C@@H]1OCc1ccccc1)N[C@H]1CCCC[C@@H]1OCc1ccccc1. The lowest BCUT2D eigenvalue weighted by Crippen LogP contribution is -2.48. The fourth-order valence-electron chi connectivity index (χ4n) is 6.69. The molecule has 4 aromatic rings. The standard InChI is InChI=1S/C39H46N6O5/c46-37(41-31-20-10-12-22-34(31)49-26-28-14-4-1-5-15-28)25-45-33(24-36(44-45)43-39(48)40-30-18-8-3-9-19-30)38(47)42-32-21-11-13-23-35(32)50-27-29-16-6-2-7-17-29/h1-9,14-19,24,31-32,34-35H,10-13,20-23,25-27H2,(H,41,46)(H,42,47)(H2,40,43,44,48)/t31-,32-,34-,35-/m0/s1. The fourth-order valence-corrected chi connectivity index (χ4v) is 6.69. The molecule has 4 N–H and O–H groups in total. The third-order valence-electron chi connectivity index (χ3n) is 9.26. The molecular formula is C39H46N6O5. The number of anilines is 2. The Morgan fingerprint density at radius 3 is 1.76 bits per heavy atom. The van der Waals surface area contributed by atoms with E-state index in [1.54, 1.807) is 12.1 Å². The minimum Gasteiger partial charge on any atom is -0.371 e. The maximum Gasteiger partial charge on any atom is 0.324 e. The number of carbonyl (C=O) groups is 3. The van der Waals surface area contributed by atoms with E-state index < -0.39 is 6.03 Å². The van der Waals surface area contributed by atoms with Gasteiger partial charge in [0.1, 0.15) is 12.2 Å². The Hall–Kier alpha value is -5.00. The van der Waals surface area contributed by atoms with Crippen molar-refractivity contribution in [1.29, 1.82) is 0 Å². The van der Waals surface area contributed by atoms with Gasteiger partial charge in [0.05, 0.1) is 37.5 Å². The Bertz CT molecular complexity index is 1680. The maximum atomic E-state index is 13.9. The minimum absolute atomic E-state index is 0.119. The van der Waals surface area contributed by atoms with Crippen LogP contribution in [0.5, 0.6) is 0 Å². The zero-order valence-corrected chi connectivity index (χ0v) is 28.3. The summed E-state index contributed by atoms with van der Waals surface area (Å²) in [6.45, 7) is 0.724. The molecule has 2 saturated carbocycles. The van der Waals surface area contributed by atoms with E-state index in [0.29, 0.717) is 18.9 Å². The molecule has 2 aliphatic rings. The predicted octanol–water partition coefficient (Wildman–Crippen LogP) is 6.43. The molecule has 0 spiro atoms. The van der Waals surface area contributed by atoms with Crippen molar-refractivity contribution in [2.75, 3.05) is 10.6 Å². The molecule has 50 heavy (non-hydrogen) atoms. The summed E-state index contributed by atoms with van der Waals surface area (Å²) in [4.78, 5) is 40.2. The van der Waals surface area contributed by atoms with Crippen LogP contribution in [0, 0.1) is 0 Å². The molecule has 6 rings (SSSR count). The first-order valence-corrected chi connectivity index (χ1v) is 17.6. The van der Waals surface area contributed by atoms with Crippen molar-refractivity contribution in [3.63, 3.8) is 0 Å². The summed E-state index contributed by atoms with van der Waals surface area (Å²) in [7, 11) is 0. The van der Waals surface area contributed by atoms with Gasteiger partial charge in [-0.15, -0.1) is 0 Å². The monoisotopic (exact) mass is 678 g/mol. The Balaban J connectivity index is 1.14. The Kier molecular flexibility index (Phi) is 12.3. The first-order chi connectivity index (χ1) is 24.5. The number of urea groups is 1. The molecule has 2 aliphatic carbocycles. The number of hydrogen-bond acceptors (Lipinski definition) is 6. The quantitative estimate of drug-likeness (QED) is 0.129. The summed E-state index contributed by atoms with van der Waals surface area (Å²) >= 11 is 0. The number of aromatic nitrogens is 2. The molecule has 0 saturated heterocycles. The summed E-state index contributed by atoms with van der Waals surface area (Å²) in [6.07, 6.45) is 7.01. The number of rotatable bonds is 13. The lowest BCUT2D eigenvalue weighted by atomic mass is 9.92. The first kappa shape index (κ1) is 34.8. The van der Waals surface area contributed by atoms with Crippen molar-refractivity contribution < 1.29 is 23.9 Å². The van der Waals surface area contributed by atoms with Crippen LogP contribution in [0.25, 0.3) is 0 Å². The van der Waals surface area contributed by atoms with Crippen molar-refractivity contribution in [3.05, 3.63) is 114 Å². The van der Waals surface area contributed by atoms with E-state index in [1.807, 2.05) is 78.9 Å². The summed E-state index contributed by atoms with van der Waals surface area (Å²) in [5.41, 5.74) is 2.93. The van der Waals surface area contributed by atoms with Crippen molar-refractivity contribution in [2.45, 2.75) is 95.4 Å². The Morgan fingerprint density at radius 1 is 0.660 bits per heavy atom. The average molecular weight is 679 g/mol. The highest BCUT2D eigenvalue weighted by Gasteiger charge is 2.31. The number of ether oxygens (including phenoxy) is 2. The average Bonchev–Trinajstić information content (AvgIpc) is 3.53. The van der Waals surface area contributed by atoms with Crippen molar-refractivity contribution in [3.8, 4) is 0 Å². The van der Waals surface area contributed by atoms with Crippen LogP contribution in [0.4, 0.5) is 16.3 Å². The second-order valence-corrected chi connectivity index (χ2v) is 13.0. The fraction of sp³-hybridized carbons (Fsp3) is 0.385. The molecule has 1 heterocycles. The molecule has 4 atom stereocenters. The highest BCUT2D eigenvalue weighted by Crippen LogP contribution is 2.25. The lowest BCUT2D eigenvalue weighted by Gasteiger charge is -2.32. The minimum atomic E-state index is -0.514. The molecule has 0 aliphatic heterocycles. The molecule has 0 radical (unpaired) electrons. The normalized spacial score (nSPS) is 20.4. The van der Waals surface area contributed by atoms with Gasteiger partial charge in [0.15, 0.2) is 5.82 Å². The van der Waals surface area contributed by atoms with E-state index >= 15 is 0 Å². The van der Waals surface area contributed by atoms with E-state index in [0.717, 1.165) is 62.5 Å². The van der Waals surface area contributed by atoms with E-state index in [4.69, 9.17) is 9.47 Å². The molecule has 11 heteroatoms. The first-order valence-electron chi connectivity index (χ1n) is 17.6. The third kappa shape index (κ3) is 10.0. The number of carbonyl (C=O) groups excluding carboxylic acids is 3. The summed E-state index contributed by atoms with van der Waals surface area (Å²) in [5.74, 6) is -0.521. The molecule has 262 valence electrons. The van der Waals surface area contributed by atoms with Gasteiger partial charge >= 0.3 is 6.03 Å². The molecular weight excluding hydrogens is 632 g/mol. The van der Waals surface area contributed by atoms with Gasteiger partial charge in [-0.3, -0.25) is 14.9 Å². The van der Waals surface area contributed by atoms with Crippen molar-refractivity contribution >= 4 is 29.4 Å². The summed E-state index contributed by atoms with van der Waals surface area (Å²) in [6, 6.07) is 29.6. The molecule has 11 nitrogen and oxygen atoms in total. The Labute approximate surface area is 293 Å². The van der Waals surface area contributed by atoms with E-state index in [9.17, 15) is 14.4 Å². The number of nitrogens with zero attached hydrogens (tertiary/aromatic N) is 2. The second-order valence-electron chi connectivity index (χ2n) is 13.0. The number of para-hydroxylation sites is 1. The zero-order valence-electron chi connectivity index (χ0n) is 28.3. The van der Waals surface area contributed by atoms with Crippen LogP contribution in [-0.4, -0.2) is 51.9 Å². The number of benzene rings is 3. The molecule has 2 fully saturated rings. The van der Waals surface area contributed by atoms with E-state index in [1.165, 1.54) is 10.7 Å². The van der Waals surface area contributed by atoms with Crippen LogP contribution in [-0.2, 0) is 34.0 Å². The number of hydrogen-bond donors (Lipinski definition) is 4. The number of amides is 4. The van der Waals surface area contributed by atoms with Crippen LogP contribution in [0.3, 0.4) is 0 Å². The third-order valence-corrected chi connectivity index (χ3v) is 9.26. The van der Waals surface area contributed by atoms with Crippen LogP contribution >= 0.6 is 0 Å². The van der Waals surface area contributed by atoms with E-state index in [2.05, 4.69) is 26.4 Å². The van der Waals surface area contributed by atoms with Gasteiger partial charge in [0, 0.05) is 11.8 Å². The Morgan fingerprint density at radius 2 is 1.18 bits per heavy atom. The molecule has 4 amide bonds. The molecule has 0 bridgehead atoms. The van der Waals surface area contributed by atoms with Gasteiger partial charge in [-0.2, -0.15) is 5.10 Å². The molecule has 0 unspecified atom stereocenters. The van der Waals surface area contributed by atoms with Gasteiger partial charge in [-0.1, -0.05) is 105 Å². The van der Waals surface area contributed by atoms with Gasteiger partial charge < -0.3 is 25.4 Å². The van der Waals surface area contributed by atoms with Crippen LogP contribution in [0.2, 0.25) is 0 Å².